The lowest BCUT2D eigenvalue weighted by atomic mass is 10.1. The third-order valence-electron chi connectivity index (χ3n) is 4.16. The highest BCUT2D eigenvalue weighted by Crippen LogP contribution is 2.21. The van der Waals surface area contributed by atoms with Crippen LogP contribution in [0.15, 0.2) is 47.4 Å². The lowest BCUT2D eigenvalue weighted by Gasteiger charge is -2.26. The third-order valence-corrected chi connectivity index (χ3v) is 6.06. The first kappa shape index (κ1) is 18.5. The highest BCUT2D eigenvalue weighted by atomic mass is 32.2. The second-order valence-electron chi connectivity index (χ2n) is 5.95. The average Bonchev–Trinajstić information content (AvgIpc) is 2.64. The fraction of sp³-hybridized carbons (Fsp3) is 0.278. The summed E-state index contributed by atoms with van der Waals surface area (Å²) < 4.78 is 45.1. The number of hydrogen-bond donors (Lipinski definition) is 1. The number of halogens is 1. The van der Waals surface area contributed by atoms with E-state index in [9.17, 15) is 17.6 Å². The minimum atomic E-state index is -3.69. The molecule has 1 N–H and O–H groups in total. The molecular weight excluding hydrogens is 359 g/mol. The Morgan fingerprint density at radius 3 is 2.42 bits per heavy atom. The van der Waals surface area contributed by atoms with E-state index >= 15 is 0 Å². The summed E-state index contributed by atoms with van der Waals surface area (Å²) in [5.74, 6) is -0.856. The summed E-state index contributed by atoms with van der Waals surface area (Å²) in [5.41, 5.74) is 1.33. The SMILES string of the molecule is Cc1ccc(S(=O)(=O)N2CCOCC2)cc1C(=O)Nc1ccc(F)cc1. The number of nitrogens with one attached hydrogen (secondary N) is 1. The molecule has 138 valence electrons. The number of morpholine rings is 1. The van der Waals surface area contributed by atoms with E-state index in [4.69, 9.17) is 4.74 Å². The Bertz CT molecular complexity index is 907. The number of rotatable bonds is 4. The number of anilines is 1. The van der Waals surface area contributed by atoms with Gasteiger partial charge in [-0.1, -0.05) is 6.07 Å². The van der Waals surface area contributed by atoms with E-state index < -0.39 is 21.7 Å². The molecule has 1 saturated heterocycles. The highest BCUT2D eigenvalue weighted by molar-refractivity contribution is 7.89. The van der Waals surface area contributed by atoms with Crippen molar-refractivity contribution in [1.29, 1.82) is 0 Å². The molecule has 0 atom stereocenters. The van der Waals surface area contributed by atoms with Crippen LogP contribution in [0.25, 0.3) is 0 Å². The zero-order valence-corrected chi connectivity index (χ0v) is 15.1. The molecule has 0 bridgehead atoms. The van der Waals surface area contributed by atoms with E-state index in [1.165, 1.54) is 40.7 Å². The predicted octanol–water partition coefficient (Wildman–Crippen LogP) is 2.41. The number of hydrogen-bond acceptors (Lipinski definition) is 4. The number of sulfonamides is 1. The van der Waals surface area contributed by atoms with Gasteiger partial charge in [-0.3, -0.25) is 4.79 Å². The molecule has 1 fully saturated rings. The number of aryl methyl sites for hydroxylation is 1. The Morgan fingerprint density at radius 1 is 1.12 bits per heavy atom. The van der Waals surface area contributed by atoms with Gasteiger partial charge in [0.25, 0.3) is 5.91 Å². The van der Waals surface area contributed by atoms with Crippen LogP contribution in [0.1, 0.15) is 15.9 Å². The molecular formula is C18H19FN2O4S. The number of carbonyl (C=O) groups is 1. The first-order valence-electron chi connectivity index (χ1n) is 8.13. The van der Waals surface area contributed by atoms with Crippen molar-refractivity contribution >= 4 is 21.6 Å². The zero-order valence-electron chi connectivity index (χ0n) is 14.2. The fourth-order valence-corrected chi connectivity index (χ4v) is 4.11. The minimum Gasteiger partial charge on any atom is -0.379 e. The van der Waals surface area contributed by atoms with Gasteiger partial charge in [0.15, 0.2) is 0 Å². The molecule has 2 aromatic carbocycles. The standard InChI is InChI=1S/C18H19FN2O4S/c1-13-2-7-16(26(23,24)21-8-10-25-11-9-21)12-17(13)18(22)20-15-5-3-14(19)4-6-15/h2-7,12H,8-11H2,1H3,(H,20,22). The van der Waals surface area contributed by atoms with Crippen LogP contribution >= 0.6 is 0 Å². The molecule has 3 rings (SSSR count). The number of nitrogens with zero attached hydrogens (tertiary/aromatic N) is 1. The summed E-state index contributed by atoms with van der Waals surface area (Å²) in [6.45, 7) is 3.00. The lowest BCUT2D eigenvalue weighted by molar-refractivity contribution is 0.0730. The molecule has 0 unspecified atom stereocenters. The van der Waals surface area contributed by atoms with Gasteiger partial charge in [-0.2, -0.15) is 4.31 Å². The monoisotopic (exact) mass is 378 g/mol. The Morgan fingerprint density at radius 2 is 1.77 bits per heavy atom. The molecule has 2 aromatic rings. The van der Waals surface area contributed by atoms with E-state index in [2.05, 4.69) is 5.32 Å². The Labute approximate surface area is 151 Å². The first-order chi connectivity index (χ1) is 12.4. The van der Waals surface area contributed by atoms with Crippen molar-refractivity contribution in [3.8, 4) is 0 Å². The highest BCUT2D eigenvalue weighted by Gasteiger charge is 2.27. The van der Waals surface area contributed by atoms with Gasteiger partial charge in [-0.15, -0.1) is 0 Å². The van der Waals surface area contributed by atoms with Gasteiger partial charge in [-0.05, 0) is 48.9 Å². The van der Waals surface area contributed by atoms with Crippen LogP contribution in [-0.4, -0.2) is 44.9 Å². The maximum absolute atomic E-state index is 13.0. The minimum absolute atomic E-state index is 0.0641. The van der Waals surface area contributed by atoms with E-state index in [-0.39, 0.29) is 23.5 Å². The molecule has 1 heterocycles. The van der Waals surface area contributed by atoms with E-state index in [0.717, 1.165) is 0 Å². The van der Waals surface area contributed by atoms with Gasteiger partial charge in [0.2, 0.25) is 10.0 Å². The van der Waals surface area contributed by atoms with Gasteiger partial charge in [0.1, 0.15) is 5.82 Å². The normalized spacial score (nSPS) is 15.6. The summed E-state index contributed by atoms with van der Waals surface area (Å²) in [6.07, 6.45) is 0. The van der Waals surface area contributed by atoms with Crippen molar-refractivity contribution in [3.05, 3.63) is 59.4 Å². The second-order valence-corrected chi connectivity index (χ2v) is 7.89. The van der Waals surface area contributed by atoms with E-state index in [1.54, 1.807) is 13.0 Å². The largest absolute Gasteiger partial charge is 0.379 e. The predicted molar refractivity (Wildman–Crippen MR) is 95.1 cm³/mol. The molecule has 1 amide bonds. The molecule has 1 aliphatic heterocycles. The topological polar surface area (TPSA) is 75.7 Å². The summed E-state index contributed by atoms with van der Waals surface area (Å²) in [4.78, 5) is 12.6. The van der Waals surface area contributed by atoms with Crippen LogP contribution in [0, 0.1) is 12.7 Å². The van der Waals surface area contributed by atoms with Gasteiger partial charge in [-0.25, -0.2) is 12.8 Å². The quantitative estimate of drug-likeness (QED) is 0.887. The van der Waals surface area contributed by atoms with E-state index in [0.29, 0.717) is 24.5 Å². The summed E-state index contributed by atoms with van der Waals surface area (Å²) in [5, 5.41) is 2.65. The summed E-state index contributed by atoms with van der Waals surface area (Å²) in [6, 6.07) is 9.83. The molecule has 6 nitrogen and oxygen atoms in total. The second kappa shape index (κ2) is 7.53. The van der Waals surface area contributed by atoms with E-state index in [1.807, 2.05) is 0 Å². The smallest absolute Gasteiger partial charge is 0.255 e. The number of ether oxygens (including phenoxy) is 1. The van der Waals surface area contributed by atoms with Crippen LogP contribution in [0.4, 0.5) is 10.1 Å². The number of amides is 1. The Hall–Kier alpha value is -2.29. The maximum Gasteiger partial charge on any atom is 0.255 e. The van der Waals surface area contributed by atoms with Crippen molar-refractivity contribution in [2.45, 2.75) is 11.8 Å². The zero-order chi connectivity index (χ0) is 18.7. The van der Waals surface area contributed by atoms with Crippen molar-refractivity contribution < 1.29 is 22.3 Å². The van der Waals surface area contributed by atoms with Gasteiger partial charge in [0.05, 0.1) is 18.1 Å². The molecule has 0 saturated carbocycles. The van der Waals surface area contributed by atoms with Crippen LogP contribution in [0.5, 0.6) is 0 Å². The average molecular weight is 378 g/mol. The van der Waals surface area contributed by atoms with Gasteiger partial charge in [0, 0.05) is 24.3 Å². The fourth-order valence-electron chi connectivity index (χ4n) is 2.67. The molecule has 1 aliphatic rings. The molecule has 0 aromatic heterocycles. The Balaban J connectivity index is 1.87. The molecule has 0 aliphatic carbocycles. The Kier molecular flexibility index (Phi) is 5.36. The van der Waals surface area contributed by atoms with Crippen LogP contribution in [0.3, 0.4) is 0 Å². The molecule has 8 heteroatoms. The first-order valence-corrected chi connectivity index (χ1v) is 9.57. The molecule has 0 radical (unpaired) electrons. The lowest BCUT2D eigenvalue weighted by Crippen LogP contribution is -2.40. The van der Waals surface area contributed by atoms with Crippen molar-refractivity contribution in [2.75, 3.05) is 31.6 Å². The maximum atomic E-state index is 13.0. The van der Waals surface area contributed by atoms with Crippen molar-refractivity contribution in [2.24, 2.45) is 0 Å². The van der Waals surface area contributed by atoms with Crippen LogP contribution < -0.4 is 5.32 Å². The summed E-state index contributed by atoms with van der Waals surface area (Å²) >= 11 is 0. The third kappa shape index (κ3) is 3.92. The van der Waals surface area contributed by atoms with Crippen molar-refractivity contribution in [3.63, 3.8) is 0 Å². The molecule has 26 heavy (non-hydrogen) atoms. The van der Waals surface area contributed by atoms with Gasteiger partial charge < -0.3 is 10.1 Å². The van der Waals surface area contributed by atoms with Crippen LogP contribution in [-0.2, 0) is 14.8 Å². The number of benzene rings is 2. The van der Waals surface area contributed by atoms with Crippen molar-refractivity contribution in [1.82, 2.24) is 4.31 Å². The van der Waals surface area contributed by atoms with Gasteiger partial charge >= 0.3 is 0 Å². The van der Waals surface area contributed by atoms with Crippen LogP contribution in [0.2, 0.25) is 0 Å². The summed E-state index contributed by atoms with van der Waals surface area (Å²) in [7, 11) is -3.69. The number of carbonyl (C=O) groups excluding carboxylic acids is 1. The molecule has 0 spiro atoms.